The van der Waals surface area contributed by atoms with Crippen molar-refractivity contribution in [3.05, 3.63) is 35.6 Å². The maximum atomic E-state index is 12.8. The van der Waals surface area contributed by atoms with Gasteiger partial charge in [-0.1, -0.05) is 26.0 Å². The maximum absolute atomic E-state index is 12.8. The van der Waals surface area contributed by atoms with Gasteiger partial charge < -0.3 is 10.6 Å². The number of aliphatic imine (C=N–C) groups is 1. The molecule has 5 heteroatoms. The smallest absolute Gasteiger partial charge is 0.191 e. The van der Waals surface area contributed by atoms with E-state index in [1.165, 1.54) is 12.1 Å². The molecule has 0 aliphatic carbocycles. The molecule has 1 aromatic carbocycles. The highest BCUT2D eigenvalue weighted by Gasteiger charge is 2.08. The monoisotopic (exact) mass is 393 g/mol. The van der Waals surface area contributed by atoms with Gasteiger partial charge in [-0.2, -0.15) is 0 Å². The van der Waals surface area contributed by atoms with E-state index in [0.717, 1.165) is 24.5 Å². The molecular weight excluding hydrogens is 368 g/mol. The van der Waals surface area contributed by atoms with Crippen molar-refractivity contribution in [2.24, 2.45) is 10.9 Å². The highest BCUT2D eigenvalue weighted by Crippen LogP contribution is 2.03. The summed E-state index contributed by atoms with van der Waals surface area (Å²) in [6.45, 7) is 7.25. The number of nitrogens with one attached hydrogen (secondary N) is 2. The number of guanidine groups is 1. The van der Waals surface area contributed by atoms with Crippen molar-refractivity contribution in [1.82, 2.24) is 10.6 Å². The van der Waals surface area contributed by atoms with Crippen LogP contribution in [0.1, 0.15) is 26.3 Å². The van der Waals surface area contributed by atoms with Gasteiger partial charge in [0.2, 0.25) is 0 Å². The molecule has 0 heterocycles. The average molecular weight is 393 g/mol. The van der Waals surface area contributed by atoms with E-state index < -0.39 is 0 Å². The second kappa shape index (κ2) is 9.96. The van der Waals surface area contributed by atoms with E-state index in [1.54, 1.807) is 7.05 Å². The van der Waals surface area contributed by atoms with Crippen LogP contribution in [0.2, 0.25) is 0 Å². The summed E-state index contributed by atoms with van der Waals surface area (Å²) in [4.78, 5) is 4.19. The van der Waals surface area contributed by atoms with E-state index in [0.29, 0.717) is 12.0 Å². The fraction of sp³-hybridized carbons (Fsp3) is 0.533. The zero-order valence-corrected chi connectivity index (χ0v) is 14.9. The van der Waals surface area contributed by atoms with Gasteiger partial charge in [0.05, 0.1) is 0 Å². The molecular formula is C15H25FIN3. The van der Waals surface area contributed by atoms with Crippen LogP contribution >= 0.6 is 24.0 Å². The maximum Gasteiger partial charge on any atom is 0.191 e. The Morgan fingerprint density at radius 2 is 1.80 bits per heavy atom. The topological polar surface area (TPSA) is 36.4 Å². The molecule has 0 aliphatic heterocycles. The van der Waals surface area contributed by atoms with Crippen LogP contribution in [0.5, 0.6) is 0 Å². The second-order valence-electron chi connectivity index (χ2n) is 5.05. The fourth-order valence-corrected chi connectivity index (χ4v) is 1.55. The Morgan fingerprint density at radius 1 is 1.20 bits per heavy atom. The van der Waals surface area contributed by atoms with Gasteiger partial charge in [0.1, 0.15) is 5.82 Å². The Balaban J connectivity index is 0.00000361. The van der Waals surface area contributed by atoms with Gasteiger partial charge in [-0.3, -0.25) is 4.99 Å². The molecule has 0 amide bonds. The number of benzene rings is 1. The minimum atomic E-state index is -0.194. The second-order valence-corrected chi connectivity index (χ2v) is 5.05. The zero-order valence-electron chi connectivity index (χ0n) is 12.6. The van der Waals surface area contributed by atoms with Crippen molar-refractivity contribution >= 4 is 29.9 Å². The van der Waals surface area contributed by atoms with E-state index in [2.05, 4.69) is 36.4 Å². The minimum absolute atomic E-state index is 0. The molecule has 0 fully saturated rings. The van der Waals surface area contributed by atoms with Crippen LogP contribution < -0.4 is 10.6 Å². The van der Waals surface area contributed by atoms with Gasteiger partial charge >= 0.3 is 0 Å². The average Bonchev–Trinajstić information content (AvgIpc) is 2.39. The molecule has 2 N–H and O–H groups in total. The summed E-state index contributed by atoms with van der Waals surface area (Å²) < 4.78 is 12.8. The van der Waals surface area contributed by atoms with E-state index >= 15 is 0 Å². The molecule has 1 rings (SSSR count). The summed E-state index contributed by atoms with van der Waals surface area (Å²) in [5.74, 6) is 1.17. The largest absolute Gasteiger partial charge is 0.356 e. The number of halogens is 2. The third-order valence-corrected chi connectivity index (χ3v) is 3.21. The molecule has 3 nitrogen and oxygen atoms in total. The van der Waals surface area contributed by atoms with Crippen LogP contribution in [0.25, 0.3) is 0 Å². The lowest BCUT2D eigenvalue weighted by Gasteiger charge is -2.20. The third kappa shape index (κ3) is 7.07. The molecule has 0 radical (unpaired) electrons. The number of hydrogen-bond acceptors (Lipinski definition) is 1. The Hall–Kier alpha value is -0.850. The lowest BCUT2D eigenvalue weighted by Crippen LogP contribution is -2.44. The predicted molar refractivity (Wildman–Crippen MR) is 94.3 cm³/mol. The Labute approximate surface area is 138 Å². The Morgan fingerprint density at radius 3 is 2.30 bits per heavy atom. The quantitative estimate of drug-likeness (QED) is 0.458. The normalized spacial score (nSPS) is 12.8. The zero-order chi connectivity index (χ0) is 14.3. The summed E-state index contributed by atoms with van der Waals surface area (Å²) >= 11 is 0. The summed E-state index contributed by atoms with van der Waals surface area (Å²) in [5, 5.41) is 6.60. The lowest BCUT2D eigenvalue weighted by molar-refractivity contribution is 0.481. The molecule has 0 saturated heterocycles. The standard InChI is InChI=1S/C15H24FN3.HI/c1-11(2)12(3)19-15(17-4)18-10-9-13-5-7-14(16)8-6-13;/h5-8,11-12H,9-10H2,1-4H3,(H2,17,18,19);1H. The van der Waals surface area contributed by atoms with Gasteiger partial charge in [0.25, 0.3) is 0 Å². The van der Waals surface area contributed by atoms with Crippen LogP contribution in [0.3, 0.4) is 0 Å². The van der Waals surface area contributed by atoms with Gasteiger partial charge in [-0.25, -0.2) is 4.39 Å². The first kappa shape index (κ1) is 19.1. The van der Waals surface area contributed by atoms with Gasteiger partial charge in [-0.15, -0.1) is 24.0 Å². The fourth-order valence-electron chi connectivity index (χ4n) is 1.55. The molecule has 1 unspecified atom stereocenters. The van der Waals surface area contributed by atoms with Crippen molar-refractivity contribution in [3.8, 4) is 0 Å². The van der Waals surface area contributed by atoms with Crippen molar-refractivity contribution in [2.45, 2.75) is 33.2 Å². The molecule has 0 bridgehead atoms. The number of hydrogen-bond donors (Lipinski definition) is 2. The van der Waals surface area contributed by atoms with E-state index in [-0.39, 0.29) is 29.8 Å². The Kier molecular flexibility index (Phi) is 9.54. The predicted octanol–water partition coefficient (Wildman–Crippen LogP) is 3.20. The van der Waals surface area contributed by atoms with E-state index in [4.69, 9.17) is 0 Å². The summed E-state index contributed by atoms with van der Waals surface area (Å²) in [6.07, 6.45) is 0.844. The van der Waals surface area contributed by atoms with Crippen molar-refractivity contribution in [1.29, 1.82) is 0 Å². The first-order chi connectivity index (χ1) is 9.02. The number of rotatable bonds is 5. The van der Waals surface area contributed by atoms with E-state index in [9.17, 15) is 4.39 Å². The molecule has 20 heavy (non-hydrogen) atoms. The van der Waals surface area contributed by atoms with Crippen LogP contribution in [-0.4, -0.2) is 25.6 Å². The van der Waals surface area contributed by atoms with Gasteiger partial charge in [-0.05, 0) is 37.0 Å². The van der Waals surface area contributed by atoms with Gasteiger partial charge in [0.15, 0.2) is 5.96 Å². The Bertz CT molecular complexity index is 404. The minimum Gasteiger partial charge on any atom is -0.356 e. The lowest BCUT2D eigenvalue weighted by atomic mass is 10.1. The molecule has 0 spiro atoms. The summed E-state index contributed by atoms with van der Waals surface area (Å²) in [6, 6.07) is 6.97. The molecule has 1 aromatic rings. The molecule has 1 atom stereocenters. The van der Waals surface area contributed by atoms with Crippen molar-refractivity contribution in [3.63, 3.8) is 0 Å². The molecule has 0 aromatic heterocycles. The summed E-state index contributed by atoms with van der Waals surface area (Å²) in [5.41, 5.74) is 1.11. The van der Waals surface area contributed by atoms with Crippen molar-refractivity contribution < 1.29 is 4.39 Å². The van der Waals surface area contributed by atoms with Crippen LogP contribution in [0.4, 0.5) is 4.39 Å². The van der Waals surface area contributed by atoms with Crippen molar-refractivity contribution in [2.75, 3.05) is 13.6 Å². The first-order valence-corrected chi connectivity index (χ1v) is 6.74. The van der Waals surface area contributed by atoms with Crippen LogP contribution in [-0.2, 0) is 6.42 Å². The van der Waals surface area contributed by atoms with Crippen LogP contribution in [0, 0.1) is 11.7 Å². The summed E-state index contributed by atoms with van der Waals surface area (Å²) in [7, 11) is 1.76. The molecule has 114 valence electrons. The van der Waals surface area contributed by atoms with Crippen LogP contribution in [0.15, 0.2) is 29.3 Å². The molecule has 0 saturated carbocycles. The SMILES string of the molecule is CN=C(NCCc1ccc(F)cc1)NC(C)C(C)C.I. The highest BCUT2D eigenvalue weighted by molar-refractivity contribution is 14.0. The van der Waals surface area contributed by atoms with Gasteiger partial charge in [0, 0.05) is 19.6 Å². The third-order valence-electron chi connectivity index (χ3n) is 3.21. The number of nitrogens with zero attached hydrogens (tertiary/aromatic N) is 1. The highest BCUT2D eigenvalue weighted by atomic mass is 127. The van der Waals surface area contributed by atoms with E-state index in [1.807, 2.05) is 12.1 Å². The first-order valence-electron chi connectivity index (χ1n) is 6.74. The molecule has 0 aliphatic rings.